The first kappa shape index (κ1) is 10.1. The van der Waals surface area contributed by atoms with E-state index in [1.807, 2.05) is 0 Å². The van der Waals surface area contributed by atoms with Crippen LogP contribution in [0.15, 0.2) is 0 Å². The molecule has 0 saturated carbocycles. The van der Waals surface area contributed by atoms with Crippen molar-refractivity contribution < 1.29 is 8.42 Å². The molecule has 56 valence electrons. The second kappa shape index (κ2) is 3.49. The van der Waals surface area contributed by atoms with Gasteiger partial charge in [0.2, 0.25) is 18.2 Å². The summed E-state index contributed by atoms with van der Waals surface area (Å²) >= 11 is 19.9. The Labute approximate surface area is 72.9 Å². The summed E-state index contributed by atoms with van der Waals surface area (Å²) in [5.41, 5.74) is 0. The minimum absolute atomic E-state index is 1.56. The average molecular weight is 232 g/mol. The Morgan fingerprint density at radius 2 is 1.11 bits per heavy atom. The van der Waals surface area contributed by atoms with Crippen LogP contribution < -0.4 is 0 Å². The predicted molar refractivity (Wildman–Crippen MR) is 39.9 cm³/mol. The maximum atomic E-state index is 10.5. The van der Waals surface area contributed by atoms with Crippen LogP contribution in [0, 0.1) is 0 Å². The number of alkyl halides is 4. The van der Waals surface area contributed by atoms with Crippen molar-refractivity contribution in [2.75, 3.05) is 0 Å². The highest BCUT2D eigenvalue weighted by Crippen LogP contribution is 2.21. The zero-order valence-corrected chi connectivity index (χ0v) is 7.73. The number of rotatable bonds is 2. The fourth-order valence-electron chi connectivity index (χ4n) is 0.0778. The highest BCUT2D eigenvalue weighted by molar-refractivity contribution is 7.97. The van der Waals surface area contributed by atoms with Crippen LogP contribution >= 0.6 is 46.4 Å². The topological polar surface area (TPSA) is 34.1 Å². The standard InChI is InChI=1S/C2H2Cl4O2S/c3-1(4)9(7,8)2(5)6/h1-2H. The molecule has 0 spiro atoms. The quantitative estimate of drug-likeness (QED) is 0.681. The van der Waals surface area contributed by atoms with E-state index in [1.54, 1.807) is 0 Å². The van der Waals surface area contributed by atoms with E-state index in [2.05, 4.69) is 0 Å². The predicted octanol–water partition coefficient (Wildman–Crippen LogP) is 1.92. The van der Waals surface area contributed by atoms with Crippen molar-refractivity contribution >= 4 is 56.2 Å². The molecule has 0 aromatic heterocycles. The summed E-state index contributed by atoms with van der Waals surface area (Å²) in [6, 6.07) is 0. The first-order valence-corrected chi connectivity index (χ1v) is 5.03. The third-order valence-electron chi connectivity index (χ3n) is 0.497. The molecule has 0 bridgehead atoms. The van der Waals surface area contributed by atoms with Gasteiger partial charge in [-0.2, -0.15) is 0 Å². The summed E-state index contributed by atoms with van der Waals surface area (Å²) < 4.78 is 17.9. The molecule has 0 aliphatic heterocycles. The third kappa shape index (κ3) is 2.68. The Morgan fingerprint density at radius 3 is 1.11 bits per heavy atom. The molecule has 0 heterocycles. The molecule has 0 saturated heterocycles. The average Bonchev–Trinajstić information content (AvgIpc) is 1.65. The van der Waals surface area contributed by atoms with Crippen LogP contribution in [0.5, 0.6) is 0 Å². The maximum absolute atomic E-state index is 10.5. The highest BCUT2D eigenvalue weighted by Gasteiger charge is 2.27. The molecule has 7 heteroatoms. The summed E-state index contributed by atoms with van der Waals surface area (Å²) in [5.74, 6) is 0. The lowest BCUT2D eigenvalue weighted by Gasteiger charge is -2.02. The first-order chi connectivity index (χ1) is 3.89. The molecule has 9 heavy (non-hydrogen) atoms. The Morgan fingerprint density at radius 1 is 0.889 bits per heavy atom. The van der Waals surface area contributed by atoms with Gasteiger partial charge in [0.25, 0.3) is 0 Å². The van der Waals surface area contributed by atoms with Gasteiger partial charge < -0.3 is 0 Å². The van der Waals surface area contributed by atoms with Crippen molar-refractivity contribution in [3.05, 3.63) is 0 Å². The molecule has 0 radical (unpaired) electrons. The van der Waals surface area contributed by atoms with Crippen LogP contribution in [0.2, 0.25) is 0 Å². The SMILES string of the molecule is O=S(=O)(C(Cl)Cl)C(Cl)Cl. The van der Waals surface area contributed by atoms with Gasteiger partial charge in [0.05, 0.1) is 0 Å². The van der Waals surface area contributed by atoms with Crippen LogP contribution in [0.25, 0.3) is 0 Å². The summed E-state index contributed by atoms with van der Waals surface area (Å²) in [6.07, 6.45) is 0. The Kier molecular flexibility index (Phi) is 3.92. The summed E-state index contributed by atoms with van der Waals surface area (Å²) in [6.45, 7) is 0. The Hall–Kier alpha value is 1.11. The van der Waals surface area contributed by atoms with Crippen LogP contribution in [0.1, 0.15) is 0 Å². The van der Waals surface area contributed by atoms with E-state index in [0.29, 0.717) is 0 Å². The Bertz CT molecular complexity index is 157. The smallest absolute Gasteiger partial charge is 0.211 e. The van der Waals surface area contributed by atoms with Crippen LogP contribution in [0.3, 0.4) is 0 Å². The van der Waals surface area contributed by atoms with Crippen molar-refractivity contribution in [2.24, 2.45) is 0 Å². The lowest BCUT2D eigenvalue weighted by Crippen LogP contribution is -2.15. The van der Waals surface area contributed by atoms with Crippen LogP contribution in [0.4, 0.5) is 0 Å². The van der Waals surface area contributed by atoms with E-state index in [1.165, 1.54) is 0 Å². The van der Waals surface area contributed by atoms with E-state index in [4.69, 9.17) is 46.4 Å². The van der Waals surface area contributed by atoms with Gasteiger partial charge in [0.1, 0.15) is 0 Å². The minimum atomic E-state index is -3.75. The molecule has 0 aliphatic rings. The van der Waals surface area contributed by atoms with Crippen molar-refractivity contribution in [1.82, 2.24) is 0 Å². The molecule has 0 aliphatic carbocycles. The van der Waals surface area contributed by atoms with E-state index >= 15 is 0 Å². The van der Waals surface area contributed by atoms with Gasteiger partial charge in [-0.25, -0.2) is 8.42 Å². The normalized spacial score (nSPS) is 13.1. The zero-order valence-electron chi connectivity index (χ0n) is 3.89. The van der Waals surface area contributed by atoms with Gasteiger partial charge in [0.15, 0.2) is 0 Å². The van der Waals surface area contributed by atoms with Crippen LogP contribution in [-0.2, 0) is 9.84 Å². The van der Waals surface area contributed by atoms with Crippen molar-refractivity contribution in [1.29, 1.82) is 0 Å². The third-order valence-corrected chi connectivity index (χ3v) is 4.47. The molecule has 0 unspecified atom stereocenters. The summed E-state index contributed by atoms with van der Waals surface area (Å²) in [4.78, 5) is 0. The van der Waals surface area contributed by atoms with Gasteiger partial charge in [-0.15, -0.1) is 0 Å². The molecular formula is C2H2Cl4O2S. The van der Waals surface area contributed by atoms with Crippen molar-refractivity contribution in [3.63, 3.8) is 0 Å². The van der Waals surface area contributed by atoms with Gasteiger partial charge in [-0.3, -0.25) is 0 Å². The molecule has 0 aromatic carbocycles. The van der Waals surface area contributed by atoms with Gasteiger partial charge in [-0.1, -0.05) is 46.4 Å². The fraction of sp³-hybridized carbons (Fsp3) is 1.00. The second-order valence-corrected chi connectivity index (χ2v) is 6.46. The van der Waals surface area contributed by atoms with E-state index < -0.39 is 18.2 Å². The van der Waals surface area contributed by atoms with Crippen LogP contribution in [-0.4, -0.2) is 16.8 Å². The molecule has 0 N–H and O–H groups in total. The van der Waals surface area contributed by atoms with Crippen molar-refractivity contribution in [2.45, 2.75) is 8.34 Å². The molecule has 0 amide bonds. The molecule has 0 rings (SSSR count). The Balaban J connectivity index is 4.42. The number of sulfone groups is 1. The summed E-state index contributed by atoms with van der Waals surface area (Å²) in [5, 5.41) is 0. The maximum Gasteiger partial charge on any atom is 0.211 e. The number of halogens is 4. The monoisotopic (exact) mass is 230 g/mol. The van der Waals surface area contributed by atoms with Gasteiger partial charge >= 0.3 is 0 Å². The zero-order chi connectivity index (χ0) is 7.65. The first-order valence-electron chi connectivity index (χ1n) is 1.68. The number of hydrogen-bond donors (Lipinski definition) is 0. The van der Waals surface area contributed by atoms with Gasteiger partial charge in [-0.05, 0) is 0 Å². The largest absolute Gasteiger partial charge is 0.223 e. The lowest BCUT2D eigenvalue weighted by atomic mass is 11.8. The van der Waals surface area contributed by atoms with E-state index in [-0.39, 0.29) is 0 Å². The second-order valence-electron chi connectivity index (χ2n) is 1.11. The molecule has 0 atom stereocenters. The molecule has 0 aromatic rings. The lowest BCUT2D eigenvalue weighted by molar-refractivity contribution is 0.601. The molecule has 2 nitrogen and oxygen atoms in total. The molecular weight excluding hydrogens is 230 g/mol. The van der Waals surface area contributed by atoms with Gasteiger partial charge in [0, 0.05) is 0 Å². The van der Waals surface area contributed by atoms with E-state index in [0.717, 1.165) is 0 Å². The minimum Gasteiger partial charge on any atom is -0.223 e. The highest BCUT2D eigenvalue weighted by atomic mass is 35.5. The number of hydrogen-bond acceptors (Lipinski definition) is 2. The summed E-state index contributed by atoms with van der Waals surface area (Å²) in [7, 11) is -3.75. The fourth-order valence-corrected chi connectivity index (χ4v) is 2.10. The van der Waals surface area contributed by atoms with E-state index in [9.17, 15) is 8.42 Å². The molecule has 0 fully saturated rings. The van der Waals surface area contributed by atoms with Crippen molar-refractivity contribution in [3.8, 4) is 0 Å².